The maximum atomic E-state index is 14.6. The van der Waals surface area contributed by atoms with Crippen molar-refractivity contribution in [1.82, 2.24) is 41.7 Å². The summed E-state index contributed by atoms with van der Waals surface area (Å²) in [5, 5.41) is 18.2. The number of hydrogen-bond donors (Lipinski definition) is 6. The second-order valence-corrected chi connectivity index (χ2v) is 24.2. The number of nitrogens with one attached hydrogen (secondary N) is 6. The van der Waals surface area contributed by atoms with Gasteiger partial charge in [0.05, 0.1) is 47.1 Å². The van der Waals surface area contributed by atoms with Crippen molar-refractivity contribution in [1.29, 1.82) is 0 Å². The first kappa shape index (κ1) is 55.2. The minimum atomic E-state index is -0.754. The second-order valence-electron chi connectivity index (χ2n) is 21.6. The first-order valence-electron chi connectivity index (χ1n) is 26.3. The molecule has 2 aliphatic carbocycles. The number of rotatable bonds is 16. The van der Waals surface area contributed by atoms with E-state index < -0.39 is 71.4 Å². The van der Waals surface area contributed by atoms with Gasteiger partial charge in [0.1, 0.15) is 37.4 Å². The maximum Gasteiger partial charge on any atom is 0.246 e. The molecule has 0 unspecified atom stereocenters. The molecule has 0 saturated carbocycles. The normalized spacial score (nSPS) is 29.1. The minimum absolute atomic E-state index is 0.0658. The molecule has 4 heterocycles. The fourth-order valence-corrected chi connectivity index (χ4v) is 15.1. The van der Waals surface area contributed by atoms with E-state index in [0.29, 0.717) is 62.9 Å². The van der Waals surface area contributed by atoms with Gasteiger partial charge in [-0.05, 0) is 109 Å². The molecule has 2 aromatic carbocycles. The third-order valence-electron chi connectivity index (χ3n) is 15.8. The SMILES string of the molecule is CC[C@H](NC)C(=O)N[C@H]1CCS[C@H]2CC(C)(C)[C@@H](C(=O)N[C@H]3c4ccccc4C[C@H]3OCC#CC#CCO[C@@H]3Cc4ccccc4[C@@H]3NC(=O)[C@H]3N4C(=O)[C@@H](NC(=O)[C@H](CC)NC)CCS[C@H]4CC3(C)C)N2C1=O. The smallest absolute Gasteiger partial charge is 0.246 e. The second kappa shape index (κ2) is 23.9. The van der Waals surface area contributed by atoms with Crippen LogP contribution in [-0.4, -0.2) is 143 Å². The topological polar surface area (TPSA) is 200 Å². The molecule has 6 aliphatic rings. The Balaban J connectivity index is 0.889. The van der Waals surface area contributed by atoms with Crippen molar-refractivity contribution >= 4 is 59.0 Å². The van der Waals surface area contributed by atoms with Crippen LogP contribution in [0.4, 0.5) is 0 Å². The van der Waals surface area contributed by atoms with E-state index in [1.807, 2.05) is 90.1 Å². The molecule has 0 radical (unpaired) electrons. The number of hydrogen-bond acceptors (Lipinski definition) is 12. The summed E-state index contributed by atoms with van der Waals surface area (Å²) in [6, 6.07) is 11.2. The molecule has 6 amide bonds. The molecule has 12 atom stereocenters. The highest BCUT2D eigenvalue weighted by atomic mass is 32.2. The molecular weight excluding hydrogens is 977 g/mol. The third kappa shape index (κ3) is 11.7. The molecule has 18 heteroatoms. The number of benzene rings is 2. The number of ether oxygens (including phenoxy) is 2. The quantitative estimate of drug-likeness (QED) is 0.134. The van der Waals surface area contributed by atoms with E-state index in [-0.39, 0.29) is 59.4 Å². The Hall–Kier alpha value is -5.08. The molecule has 2 aromatic rings. The summed E-state index contributed by atoms with van der Waals surface area (Å²) in [4.78, 5) is 87.4. The molecule has 4 fully saturated rings. The van der Waals surface area contributed by atoms with Crippen molar-refractivity contribution in [2.45, 2.75) is 164 Å². The van der Waals surface area contributed by atoms with Crippen molar-refractivity contribution in [3.63, 3.8) is 0 Å². The molecule has 4 aliphatic heterocycles. The fourth-order valence-electron chi connectivity index (χ4n) is 12.0. The Morgan fingerprint density at radius 3 is 1.41 bits per heavy atom. The number of thioether (sulfide) groups is 2. The van der Waals surface area contributed by atoms with Crippen LogP contribution in [0.15, 0.2) is 48.5 Å². The summed E-state index contributed by atoms with van der Waals surface area (Å²) in [5.74, 6) is 11.8. The average molecular weight is 1050 g/mol. The highest BCUT2D eigenvalue weighted by Gasteiger charge is 2.57. The summed E-state index contributed by atoms with van der Waals surface area (Å²) in [6.07, 6.45) is 3.74. The van der Waals surface area contributed by atoms with E-state index in [0.717, 1.165) is 22.3 Å². The third-order valence-corrected chi connectivity index (χ3v) is 18.3. The first-order chi connectivity index (χ1) is 35.5. The van der Waals surface area contributed by atoms with E-state index in [4.69, 9.17) is 9.47 Å². The number of likely N-dealkylation sites (N-methyl/N-ethyl adjacent to an activating group) is 2. The van der Waals surface area contributed by atoms with Crippen molar-refractivity contribution in [2.24, 2.45) is 10.8 Å². The standard InChI is InChI=1S/C56H74N8O8S2/c1-9-37(57-7)49(65)59-39-23-27-73-43-31-55(3,4)47(63(43)53(39)69)51(67)61-45-35-21-15-13-19-33(35)29-41(45)71-25-17-11-12-18-26-72-42-30-34-20-14-16-22-36(34)46(42)62-52(68)48-56(5,6)32-44-64(48)54(70)40(24-28-74-44)60-50(66)38(10-2)58-8/h13-16,19-22,37-48,57-58H,9-10,23-32H2,1-8H3,(H,59,65)(H,60,66)(H,61,67)(H,62,68)/t37-,38-,39-,40-,41+,42+,43-,44-,45-,46-,47+,48+/m0/s1. The van der Waals surface area contributed by atoms with Gasteiger partial charge in [-0.15, -0.1) is 23.5 Å². The zero-order chi connectivity index (χ0) is 52.9. The van der Waals surface area contributed by atoms with Gasteiger partial charge in [-0.25, -0.2) is 0 Å². The Morgan fingerprint density at radius 2 is 1.03 bits per heavy atom. The zero-order valence-electron chi connectivity index (χ0n) is 44.0. The first-order valence-corrected chi connectivity index (χ1v) is 28.4. The van der Waals surface area contributed by atoms with Crippen LogP contribution in [0, 0.1) is 34.5 Å². The zero-order valence-corrected chi connectivity index (χ0v) is 45.6. The van der Waals surface area contributed by atoms with E-state index >= 15 is 0 Å². The molecule has 4 saturated heterocycles. The van der Waals surface area contributed by atoms with E-state index in [1.165, 1.54) is 0 Å². The van der Waals surface area contributed by atoms with Crippen LogP contribution in [0.25, 0.3) is 0 Å². The Morgan fingerprint density at radius 1 is 0.635 bits per heavy atom. The van der Waals surface area contributed by atoms with Crippen molar-refractivity contribution in [3.05, 3.63) is 70.8 Å². The predicted molar refractivity (Wildman–Crippen MR) is 287 cm³/mol. The van der Waals surface area contributed by atoms with Crippen LogP contribution in [0.2, 0.25) is 0 Å². The van der Waals surface area contributed by atoms with Gasteiger partial charge in [0, 0.05) is 12.8 Å². The van der Waals surface area contributed by atoms with Crippen molar-refractivity contribution in [2.75, 3.05) is 38.8 Å². The van der Waals surface area contributed by atoms with E-state index in [9.17, 15) is 28.8 Å². The van der Waals surface area contributed by atoms with Crippen LogP contribution in [-0.2, 0) is 51.1 Å². The van der Waals surface area contributed by atoms with Gasteiger partial charge < -0.3 is 51.2 Å². The van der Waals surface area contributed by atoms with Gasteiger partial charge in [0.15, 0.2) is 0 Å². The molecule has 0 spiro atoms. The number of fused-ring (bicyclic) bond motifs is 4. The molecule has 74 heavy (non-hydrogen) atoms. The summed E-state index contributed by atoms with van der Waals surface area (Å²) in [7, 11) is 3.46. The highest BCUT2D eigenvalue weighted by molar-refractivity contribution is 8.00. The van der Waals surface area contributed by atoms with Gasteiger partial charge >= 0.3 is 0 Å². The number of amides is 6. The highest BCUT2D eigenvalue weighted by Crippen LogP contribution is 2.48. The Bertz CT molecular complexity index is 2390. The fraction of sp³-hybridized carbons (Fsp3) is 0.607. The lowest BCUT2D eigenvalue weighted by Gasteiger charge is -2.35. The molecule has 398 valence electrons. The van der Waals surface area contributed by atoms with E-state index in [2.05, 4.69) is 55.6 Å². The number of carbonyl (C=O) groups is 6. The molecule has 0 bridgehead atoms. The van der Waals surface area contributed by atoms with Gasteiger partial charge in [0.25, 0.3) is 0 Å². The maximum absolute atomic E-state index is 14.6. The van der Waals surface area contributed by atoms with Crippen molar-refractivity contribution < 1.29 is 38.2 Å². The molecule has 6 N–H and O–H groups in total. The molecule has 8 rings (SSSR count). The Labute approximate surface area is 445 Å². The van der Waals surface area contributed by atoms with Crippen molar-refractivity contribution in [3.8, 4) is 23.7 Å². The van der Waals surface area contributed by atoms with Crippen LogP contribution in [0.5, 0.6) is 0 Å². The minimum Gasteiger partial charge on any atom is -0.363 e. The largest absolute Gasteiger partial charge is 0.363 e. The molecule has 0 aromatic heterocycles. The van der Waals surface area contributed by atoms with Crippen LogP contribution in [0.3, 0.4) is 0 Å². The van der Waals surface area contributed by atoms with Crippen LogP contribution in [0.1, 0.15) is 114 Å². The average Bonchev–Trinajstić information content (AvgIpc) is 4.01. The Kier molecular flexibility index (Phi) is 17.8. The van der Waals surface area contributed by atoms with E-state index in [1.54, 1.807) is 47.4 Å². The van der Waals surface area contributed by atoms with Gasteiger partial charge in [0.2, 0.25) is 35.4 Å². The predicted octanol–water partition coefficient (Wildman–Crippen LogP) is 3.74. The summed E-state index contributed by atoms with van der Waals surface area (Å²) in [6.45, 7) is 12.1. The van der Waals surface area contributed by atoms with Gasteiger partial charge in [-0.3, -0.25) is 28.8 Å². The monoisotopic (exact) mass is 1050 g/mol. The number of carbonyl (C=O) groups excluding carboxylic acids is 6. The summed E-state index contributed by atoms with van der Waals surface area (Å²) in [5.41, 5.74) is 2.99. The van der Waals surface area contributed by atoms with Gasteiger partial charge in [-0.1, -0.05) is 102 Å². The summed E-state index contributed by atoms with van der Waals surface area (Å²) >= 11 is 3.33. The summed E-state index contributed by atoms with van der Waals surface area (Å²) < 4.78 is 12.7. The van der Waals surface area contributed by atoms with Crippen LogP contribution >= 0.6 is 23.5 Å². The number of nitrogens with zero attached hydrogens (tertiary/aromatic N) is 2. The lowest BCUT2D eigenvalue weighted by Crippen LogP contribution is -2.58. The van der Waals surface area contributed by atoms with Crippen LogP contribution < -0.4 is 31.9 Å². The lowest BCUT2D eigenvalue weighted by atomic mass is 9.83. The molecular formula is C56H74N8O8S2. The lowest BCUT2D eigenvalue weighted by molar-refractivity contribution is -0.144. The van der Waals surface area contributed by atoms with Gasteiger partial charge in [-0.2, -0.15) is 0 Å². The molecule has 16 nitrogen and oxygen atoms in total.